The minimum Gasteiger partial charge on any atom is -0.504 e. The first-order valence-electron chi connectivity index (χ1n) is 8.53. The highest BCUT2D eigenvalue weighted by Crippen LogP contribution is 2.25. The monoisotopic (exact) mass is 356 g/mol. The Labute approximate surface area is 153 Å². The number of aromatic hydroxyl groups is 1. The maximum atomic E-state index is 11.8. The number of carbonyl (C=O) groups excluding carboxylic acids is 1. The van der Waals surface area contributed by atoms with Gasteiger partial charge >= 0.3 is 0 Å². The highest BCUT2D eigenvalue weighted by atomic mass is 16.5. The molecule has 2 N–H and O–H groups in total. The molecular formula is C20H24N2O4. The Morgan fingerprint density at radius 1 is 1.23 bits per heavy atom. The van der Waals surface area contributed by atoms with E-state index in [-0.39, 0.29) is 18.3 Å². The summed E-state index contributed by atoms with van der Waals surface area (Å²) in [6.45, 7) is 2.04. The van der Waals surface area contributed by atoms with Gasteiger partial charge in [-0.05, 0) is 54.3 Å². The Bertz CT molecular complexity index is 742. The van der Waals surface area contributed by atoms with Crippen LogP contribution in [0.5, 0.6) is 17.2 Å². The number of carbonyl (C=O) groups is 1. The molecule has 2 aromatic rings. The third kappa shape index (κ3) is 6.12. The van der Waals surface area contributed by atoms with Gasteiger partial charge in [-0.25, -0.2) is 5.43 Å². The lowest BCUT2D eigenvalue weighted by Crippen LogP contribution is -2.24. The first kappa shape index (κ1) is 19.3. The number of benzene rings is 2. The lowest BCUT2D eigenvalue weighted by molar-refractivity contribution is -0.123. The van der Waals surface area contributed by atoms with Crippen molar-refractivity contribution in [2.45, 2.75) is 26.2 Å². The Morgan fingerprint density at radius 3 is 2.69 bits per heavy atom. The van der Waals surface area contributed by atoms with Gasteiger partial charge in [-0.1, -0.05) is 25.5 Å². The number of hydrogen-bond acceptors (Lipinski definition) is 5. The maximum Gasteiger partial charge on any atom is 0.277 e. The molecule has 0 aliphatic heterocycles. The highest BCUT2D eigenvalue weighted by Gasteiger charge is 2.03. The highest BCUT2D eigenvalue weighted by molar-refractivity contribution is 5.83. The third-order valence-electron chi connectivity index (χ3n) is 3.72. The minimum absolute atomic E-state index is 0.0443. The summed E-state index contributed by atoms with van der Waals surface area (Å²) in [7, 11) is 1.46. The van der Waals surface area contributed by atoms with E-state index in [9.17, 15) is 9.90 Å². The van der Waals surface area contributed by atoms with Crippen LogP contribution in [-0.4, -0.2) is 30.9 Å². The summed E-state index contributed by atoms with van der Waals surface area (Å²) in [6.07, 6.45) is 4.83. The topological polar surface area (TPSA) is 80.2 Å². The van der Waals surface area contributed by atoms with Crippen LogP contribution >= 0.6 is 0 Å². The second-order valence-corrected chi connectivity index (χ2v) is 5.76. The summed E-state index contributed by atoms with van der Waals surface area (Å²) in [5.74, 6) is 0.670. The van der Waals surface area contributed by atoms with Crippen molar-refractivity contribution in [3.8, 4) is 17.2 Å². The van der Waals surface area contributed by atoms with Gasteiger partial charge in [0.25, 0.3) is 5.91 Å². The summed E-state index contributed by atoms with van der Waals surface area (Å²) in [4.78, 5) is 11.8. The van der Waals surface area contributed by atoms with Gasteiger partial charge in [0.15, 0.2) is 18.1 Å². The Hall–Kier alpha value is -3.02. The number of nitrogens with one attached hydrogen (secondary N) is 1. The number of phenols is 1. The molecule has 0 heterocycles. The predicted octanol–water partition coefficient (Wildman–Crippen LogP) is 3.27. The first-order chi connectivity index (χ1) is 12.6. The Morgan fingerprint density at radius 2 is 2.00 bits per heavy atom. The number of methoxy groups -OCH3 is 1. The van der Waals surface area contributed by atoms with Crippen molar-refractivity contribution in [3.05, 3.63) is 53.6 Å². The molecule has 26 heavy (non-hydrogen) atoms. The molecule has 1 amide bonds. The molecule has 0 aliphatic rings. The lowest BCUT2D eigenvalue weighted by Gasteiger charge is -2.06. The third-order valence-corrected chi connectivity index (χ3v) is 3.72. The summed E-state index contributed by atoms with van der Waals surface area (Å²) < 4.78 is 10.5. The van der Waals surface area contributed by atoms with E-state index >= 15 is 0 Å². The molecule has 138 valence electrons. The van der Waals surface area contributed by atoms with Crippen LogP contribution in [0.3, 0.4) is 0 Å². The lowest BCUT2D eigenvalue weighted by atomic mass is 10.1. The van der Waals surface area contributed by atoms with Crippen molar-refractivity contribution in [3.63, 3.8) is 0 Å². The second kappa shape index (κ2) is 10.1. The van der Waals surface area contributed by atoms with Crippen molar-refractivity contribution in [1.29, 1.82) is 0 Å². The van der Waals surface area contributed by atoms with Gasteiger partial charge in [0, 0.05) is 0 Å². The number of ether oxygens (including phenoxy) is 2. The van der Waals surface area contributed by atoms with Crippen molar-refractivity contribution < 1.29 is 19.4 Å². The number of aryl methyl sites for hydroxylation is 1. The zero-order valence-electron chi connectivity index (χ0n) is 15.1. The van der Waals surface area contributed by atoms with Crippen LogP contribution in [0.15, 0.2) is 47.6 Å². The van der Waals surface area contributed by atoms with Gasteiger partial charge < -0.3 is 14.6 Å². The van der Waals surface area contributed by atoms with Gasteiger partial charge in [0.2, 0.25) is 0 Å². The molecule has 0 bridgehead atoms. The fraction of sp³-hybridized carbons (Fsp3) is 0.300. The number of hydrogen-bond donors (Lipinski definition) is 2. The van der Waals surface area contributed by atoms with Crippen LogP contribution in [0, 0.1) is 0 Å². The molecule has 0 fully saturated rings. The number of hydrazone groups is 1. The summed E-state index contributed by atoms with van der Waals surface area (Å²) in [5, 5.41) is 13.4. The second-order valence-electron chi connectivity index (χ2n) is 5.76. The zero-order chi connectivity index (χ0) is 18.8. The van der Waals surface area contributed by atoms with E-state index in [0.29, 0.717) is 17.1 Å². The minimum atomic E-state index is -0.359. The smallest absolute Gasteiger partial charge is 0.277 e. The number of rotatable bonds is 9. The molecule has 0 aromatic heterocycles. The van der Waals surface area contributed by atoms with Gasteiger partial charge in [0.1, 0.15) is 5.75 Å². The van der Waals surface area contributed by atoms with E-state index < -0.39 is 0 Å². The van der Waals surface area contributed by atoms with E-state index in [2.05, 4.69) is 17.5 Å². The molecule has 0 atom stereocenters. The van der Waals surface area contributed by atoms with Crippen molar-refractivity contribution in [1.82, 2.24) is 5.43 Å². The maximum absolute atomic E-state index is 11.8. The van der Waals surface area contributed by atoms with Gasteiger partial charge in [-0.3, -0.25) is 4.79 Å². The van der Waals surface area contributed by atoms with E-state index in [1.807, 2.05) is 24.3 Å². The van der Waals surface area contributed by atoms with Crippen molar-refractivity contribution in [2.24, 2.45) is 5.10 Å². The van der Waals surface area contributed by atoms with E-state index in [1.54, 1.807) is 12.1 Å². The molecule has 6 nitrogen and oxygen atoms in total. The molecule has 0 saturated carbocycles. The number of unbranched alkanes of at least 4 members (excludes halogenated alkanes) is 1. The van der Waals surface area contributed by atoms with Crippen molar-refractivity contribution in [2.75, 3.05) is 13.7 Å². The zero-order valence-corrected chi connectivity index (χ0v) is 15.1. The van der Waals surface area contributed by atoms with Crippen LogP contribution in [0.2, 0.25) is 0 Å². The van der Waals surface area contributed by atoms with Gasteiger partial charge in [-0.2, -0.15) is 5.10 Å². The molecule has 0 radical (unpaired) electrons. The average molecular weight is 356 g/mol. The fourth-order valence-electron chi connectivity index (χ4n) is 2.27. The number of amides is 1. The molecule has 2 rings (SSSR count). The number of phenolic OH excluding ortho intramolecular Hbond substituents is 1. The molecule has 6 heteroatoms. The largest absolute Gasteiger partial charge is 0.504 e. The van der Waals surface area contributed by atoms with Crippen LogP contribution in [0.4, 0.5) is 0 Å². The Balaban J connectivity index is 1.78. The molecule has 0 aliphatic carbocycles. The quantitative estimate of drug-likeness (QED) is 0.534. The predicted molar refractivity (Wildman–Crippen MR) is 101 cm³/mol. The molecule has 2 aromatic carbocycles. The summed E-state index contributed by atoms with van der Waals surface area (Å²) in [6, 6.07) is 12.5. The van der Waals surface area contributed by atoms with Crippen molar-refractivity contribution >= 4 is 12.1 Å². The van der Waals surface area contributed by atoms with E-state index in [1.165, 1.54) is 25.0 Å². The average Bonchev–Trinajstić information content (AvgIpc) is 2.66. The van der Waals surface area contributed by atoms with Gasteiger partial charge in [0.05, 0.1) is 13.3 Å². The van der Waals surface area contributed by atoms with Crippen LogP contribution in [-0.2, 0) is 11.2 Å². The van der Waals surface area contributed by atoms with Crippen LogP contribution in [0.25, 0.3) is 0 Å². The molecule has 0 saturated heterocycles. The molecule has 0 spiro atoms. The summed E-state index contributed by atoms with van der Waals surface area (Å²) >= 11 is 0. The fourth-order valence-corrected chi connectivity index (χ4v) is 2.27. The van der Waals surface area contributed by atoms with E-state index in [4.69, 9.17) is 9.47 Å². The normalized spacial score (nSPS) is 10.7. The summed E-state index contributed by atoms with van der Waals surface area (Å²) in [5.41, 5.74) is 4.34. The molecule has 0 unspecified atom stereocenters. The standard InChI is InChI=1S/C20H24N2O4/c1-3-4-5-15-6-9-17(10-7-15)26-14-20(24)22-21-13-16-8-11-18(23)19(12-16)25-2/h6-13,23H,3-5,14H2,1-2H3,(H,22,24). The number of nitrogens with zero attached hydrogens (tertiary/aromatic N) is 1. The SMILES string of the molecule is CCCCc1ccc(OCC(=O)NN=Cc2ccc(O)c(OC)c2)cc1. The van der Waals surface area contributed by atoms with Crippen LogP contribution in [0.1, 0.15) is 30.9 Å². The molecular weight excluding hydrogens is 332 g/mol. The first-order valence-corrected chi connectivity index (χ1v) is 8.53. The van der Waals surface area contributed by atoms with Crippen LogP contribution < -0.4 is 14.9 Å². The van der Waals surface area contributed by atoms with Gasteiger partial charge in [-0.15, -0.1) is 0 Å². The van der Waals surface area contributed by atoms with E-state index in [0.717, 1.165) is 19.3 Å². The Kier molecular flexibility index (Phi) is 7.49.